The second-order valence-electron chi connectivity index (χ2n) is 4.10. The highest BCUT2D eigenvalue weighted by atomic mass is 32.2. The maximum Gasteiger partial charge on any atom is 0.340 e. The van der Waals surface area contributed by atoms with Crippen LogP contribution in [0.5, 0.6) is 0 Å². The van der Waals surface area contributed by atoms with E-state index in [4.69, 9.17) is 5.11 Å². The van der Waals surface area contributed by atoms with Gasteiger partial charge in [0.2, 0.25) is 10.0 Å². The molecule has 0 saturated heterocycles. The Morgan fingerprint density at radius 1 is 1.38 bits per heavy atom. The van der Waals surface area contributed by atoms with Crippen molar-refractivity contribution >= 4 is 27.6 Å². The number of hydrogen-bond donors (Lipinski definition) is 2. The van der Waals surface area contributed by atoms with Crippen molar-refractivity contribution in [2.45, 2.75) is 12.8 Å². The molecule has 116 valence electrons. The standard InChI is InChI=1S/C12H14FNO6S/c1-20-12(17)9-7-8(13)4-5-10(9)14-21(18,19)6-2-3-11(15)16/h4-5,7,14H,2-3,6H2,1H3,(H,15,16). The number of hydrogen-bond acceptors (Lipinski definition) is 5. The van der Waals surface area contributed by atoms with E-state index in [-0.39, 0.29) is 24.1 Å². The Hall–Kier alpha value is -2.16. The molecule has 0 unspecified atom stereocenters. The van der Waals surface area contributed by atoms with E-state index in [2.05, 4.69) is 9.46 Å². The van der Waals surface area contributed by atoms with Crippen LogP contribution >= 0.6 is 0 Å². The van der Waals surface area contributed by atoms with Gasteiger partial charge in [0.25, 0.3) is 0 Å². The second kappa shape index (κ2) is 7.02. The van der Waals surface area contributed by atoms with Crippen LogP contribution in [0.15, 0.2) is 18.2 Å². The van der Waals surface area contributed by atoms with Crippen LogP contribution in [0.2, 0.25) is 0 Å². The molecule has 9 heteroatoms. The largest absolute Gasteiger partial charge is 0.481 e. The predicted molar refractivity (Wildman–Crippen MR) is 72.0 cm³/mol. The Labute approximate surface area is 120 Å². The zero-order chi connectivity index (χ0) is 16.0. The van der Waals surface area contributed by atoms with Gasteiger partial charge in [0.15, 0.2) is 0 Å². The normalized spacial score (nSPS) is 11.0. The lowest BCUT2D eigenvalue weighted by atomic mass is 10.2. The van der Waals surface area contributed by atoms with Crippen LogP contribution in [0.25, 0.3) is 0 Å². The lowest BCUT2D eigenvalue weighted by Crippen LogP contribution is -2.19. The molecule has 0 fully saturated rings. The third-order valence-corrected chi connectivity index (χ3v) is 3.81. The van der Waals surface area contributed by atoms with Crippen molar-refractivity contribution in [3.63, 3.8) is 0 Å². The highest BCUT2D eigenvalue weighted by Gasteiger charge is 2.18. The Morgan fingerprint density at radius 2 is 2.05 bits per heavy atom. The first-order valence-electron chi connectivity index (χ1n) is 5.85. The molecule has 0 amide bonds. The molecule has 1 aromatic rings. The Kier molecular flexibility index (Phi) is 5.65. The van der Waals surface area contributed by atoms with E-state index in [0.29, 0.717) is 0 Å². The summed E-state index contributed by atoms with van der Waals surface area (Å²) in [5, 5.41) is 8.46. The highest BCUT2D eigenvalue weighted by molar-refractivity contribution is 7.92. The first kappa shape index (κ1) is 16.9. The number of anilines is 1. The number of nitrogens with one attached hydrogen (secondary N) is 1. The molecule has 7 nitrogen and oxygen atoms in total. The molecular formula is C12H14FNO6S. The van der Waals surface area contributed by atoms with Gasteiger partial charge < -0.3 is 9.84 Å². The van der Waals surface area contributed by atoms with Crippen molar-refractivity contribution in [1.82, 2.24) is 0 Å². The number of rotatable bonds is 7. The van der Waals surface area contributed by atoms with Gasteiger partial charge >= 0.3 is 11.9 Å². The van der Waals surface area contributed by atoms with Crippen LogP contribution in [-0.2, 0) is 19.6 Å². The second-order valence-corrected chi connectivity index (χ2v) is 5.94. The Balaban J connectivity index is 2.91. The molecule has 0 saturated carbocycles. The van der Waals surface area contributed by atoms with E-state index in [9.17, 15) is 22.4 Å². The number of methoxy groups -OCH3 is 1. The average Bonchev–Trinajstić information content (AvgIpc) is 2.39. The average molecular weight is 319 g/mol. The van der Waals surface area contributed by atoms with Crippen molar-refractivity contribution in [1.29, 1.82) is 0 Å². The Morgan fingerprint density at radius 3 is 2.62 bits per heavy atom. The lowest BCUT2D eigenvalue weighted by molar-refractivity contribution is -0.137. The number of carbonyl (C=O) groups is 2. The third kappa shape index (κ3) is 5.38. The molecule has 0 aliphatic heterocycles. The number of aliphatic carboxylic acids is 1. The molecular weight excluding hydrogens is 305 g/mol. The molecule has 0 bridgehead atoms. The molecule has 0 spiro atoms. The van der Waals surface area contributed by atoms with Gasteiger partial charge in [0, 0.05) is 6.42 Å². The number of ether oxygens (including phenoxy) is 1. The Bertz CT molecular complexity index is 643. The molecule has 1 rings (SSSR count). The van der Waals surface area contributed by atoms with Gasteiger partial charge in [0.1, 0.15) is 5.82 Å². The molecule has 0 aliphatic carbocycles. The number of benzene rings is 1. The van der Waals surface area contributed by atoms with Crippen LogP contribution < -0.4 is 4.72 Å². The first-order valence-corrected chi connectivity index (χ1v) is 7.50. The molecule has 21 heavy (non-hydrogen) atoms. The van der Waals surface area contributed by atoms with E-state index < -0.39 is 33.5 Å². The van der Waals surface area contributed by atoms with E-state index >= 15 is 0 Å². The lowest BCUT2D eigenvalue weighted by Gasteiger charge is -2.11. The summed E-state index contributed by atoms with van der Waals surface area (Å²) in [6.45, 7) is 0. The summed E-state index contributed by atoms with van der Waals surface area (Å²) in [5.41, 5.74) is -0.391. The number of esters is 1. The summed E-state index contributed by atoms with van der Waals surface area (Å²) in [7, 11) is -2.77. The zero-order valence-corrected chi connectivity index (χ0v) is 11.9. The van der Waals surface area contributed by atoms with Crippen LogP contribution in [0.1, 0.15) is 23.2 Å². The molecule has 0 aliphatic rings. The van der Waals surface area contributed by atoms with Crippen LogP contribution in [0, 0.1) is 5.82 Å². The molecule has 0 radical (unpaired) electrons. The van der Waals surface area contributed by atoms with Crippen molar-refractivity contribution in [3.8, 4) is 0 Å². The monoisotopic (exact) mass is 319 g/mol. The van der Waals surface area contributed by atoms with Crippen LogP contribution in [0.3, 0.4) is 0 Å². The zero-order valence-electron chi connectivity index (χ0n) is 11.1. The van der Waals surface area contributed by atoms with Gasteiger partial charge in [-0.1, -0.05) is 0 Å². The van der Waals surface area contributed by atoms with E-state index in [0.717, 1.165) is 25.3 Å². The summed E-state index contributed by atoms with van der Waals surface area (Å²) < 4.78 is 43.2. The topological polar surface area (TPSA) is 110 Å². The van der Waals surface area contributed by atoms with E-state index in [1.807, 2.05) is 0 Å². The fourth-order valence-corrected chi connectivity index (χ4v) is 2.66. The third-order valence-electron chi connectivity index (χ3n) is 2.46. The van der Waals surface area contributed by atoms with Crippen molar-refractivity contribution in [2.24, 2.45) is 0 Å². The minimum atomic E-state index is -3.85. The SMILES string of the molecule is COC(=O)c1cc(F)ccc1NS(=O)(=O)CCCC(=O)O. The number of sulfonamides is 1. The minimum Gasteiger partial charge on any atom is -0.481 e. The summed E-state index contributed by atoms with van der Waals surface area (Å²) in [5.74, 6) is -3.15. The molecule has 0 aromatic heterocycles. The number of carboxylic acid groups (broad SMARTS) is 1. The van der Waals surface area contributed by atoms with Gasteiger partial charge in [-0.15, -0.1) is 0 Å². The quantitative estimate of drug-likeness (QED) is 0.731. The van der Waals surface area contributed by atoms with Gasteiger partial charge in [0.05, 0.1) is 24.1 Å². The maximum absolute atomic E-state index is 13.1. The summed E-state index contributed by atoms with van der Waals surface area (Å²) >= 11 is 0. The molecule has 0 heterocycles. The molecule has 1 aromatic carbocycles. The van der Waals surface area contributed by atoms with Gasteiger partial charge in [-0.2, -0.15) is 0 Å². The summed E-state index contributed by atoms with van der Waals surface area (Å²) in [6, 6.07) is 2.93. The molecule has 0 atom stereocenters. The van der Waals surface area contributed by atoms with Gasteiger partial charge in [-0.05, 0) is 24.6 Å². The predicted octanol–water partition coefficient (Wildman–Crippen LogP) is 1.22. The summed E-state index contributed by atoms with van der Waals surface area (Å²) in [6.07, 6.45) is -0.381. The number of halogens is 1. The van der Waals surface area contributed by atoms with Crippen molar-refractivity contribution < 1.29 is 32.2 Å². The first-order chi connectivity index (χ1) is 9.75. The van der Waals surface area contributed by atoms with Gasteiger partial charge in [-0.25, -0.2) is 17.6 Å². The fourth-order valence-electron chi connectivity index (χ4n) is 1.52. The maximum atomic E-state index is 13.1. The van der Waals surface area contributed by atoms with E-state index in [1.165, 1.54) is 0 Å². The van der Waals surface area contributed by atoms with Crippen molar-refractivity contribution in [2.75, 3.05) is 17.6 Å². The number of carbonyl (C=O) groups excluding carboxylic acids is 1. The molecule has 2 N–H and O–H groups in total. The van der Waals surface area contributed by atoms with E-state index in [1.54, 1.807) is 0 Å². The fraction of sp³-hybridized carbons (Fsp3) is 0.333. The van der Waals surface area contributed by atoms with Gasteiger partial charge in [-0.3, -0.25) is 9.52 Å². The summed E-state index contributed by atoms with van der Waals surface area (Å²) in [4.78, 5) is 21.8. The number of carboxylic acids is 1. The minimum absolute atomic E-state index is 0.0839. The van der Waals surface area contributed by atoms with Crippen LogP contribution in [0.4, 0.5) is 10.1 Å². The smallest absolute Gasteiger partial charge is 0.340 e. The van der Waals surface area contributed by atoms with Crippen LogP contribution in [-0.4, -0.2) is 38.3 Å². The highest BCUT2D eigenvalue weighted by Crippen LogP contribution is 2.19. The van der Waals surface area contributed by atoms with Crippen molar-refractivity contribution in [3.05, 3.63) is 29.6 Å².